The zero-order valence-electron chi connectivity index (χ0n) is 13.9. The van der Waals surface area contributed by atoms with Crippen LogP contribution in [0.25, 0.3) is 0 Å². The Hall–Kier alpha value is -2.28. The molecule has 7 nitrogen and oxygen atoms in total. The summed E-state index contributed by atoms with van der Waals surface area (Å²) >= 11 is 0. The van der Waals surface area contributed by atoms with Crippen molar-refractivity contribution in [1.82, 2.24) is 4.90 Å². The van der Waals surface area contributed by atoms with Gasteiger partial charge in [-0.1, -0.05) is 0 Å². The van der Waals surface area contributed by atoms with Gasteiger partial charge in [0.25, 0.3) is 0 Å². The molecule has 0 aromatic heterocycles. The first-order valence-electron chi connectivity index (χ1n) is 8.07. The summed E-state index contributed by atoms with van der Waals surface area (Å²) in [6.45, 7) is 3.82. The third kappa shape index (κ3) is 3.46. The zero-order chi connectivity index (χ0) is 17.1. The number of carbonyl (C=O) groups excluding carboxylic acids is 2. The number of hydrogen-bond acceptors (Lipinski definition) is 5. The van der Waals surface area contributed by atoms with E-state index < -0.39 is 0 Å². The molecule has 2 aliphatic heterocycles. The lowest BCUT2D eigenvalue weighted by molar-refractivity contribution is -0.130. The summed E-state index contributed by atoms with van der Waals surface area (Å²) < 4.78 is 16.1. The molecular formula is C17H22N2O5. The quantitative estimate of drug-likeness (QED) is 0.878. The molecule has 2 aliphatic rings. The van der Waals surface area contributed by atoms with Gasteiger partial charge in [-0.05, 0) is 19.1 Å². The predicted octanol–water partition coefficient (Wildman–Crippen LogP) is 1.28. The molecule has 2 atom stereocenters. The van der Waals surface area contributed by atoms with Crippen LogP contribution < -0.4 is 14.8 Å². The lowest BCUT2D eigenvalue weighted by atomic mass is 10.1. The molecule has 0 spiro atoms. The Kier molecular flexibility index (Phi) is 4.89. The number of fused-ring (bicyclic) bond motifs is 1. The van der Waals surface area contributed by atoms with E-state index in [1.54, 1.807) is 30.2 Å². The minimum Gasteiger partial charge on any atom is -0.486 e. The molecule has 0 unspecified atom stereocenters. The molecule has 1 aromatic rings. The van der Waals surface area contributed by atoms with Crippen molar-refractivity contribution in [3.8, 4) is 11.5 Å². The van der Waals surface area contributed by atoms with E-state index in [9.17, 15) is 9.59 Å². The Balaban J connectivity index is 1.62. The van der Waals surface area contributed by atoms with Crippen LogP contribution in [-0.4, -0.2) is 56.2 Å². The van der Waals surface area contributed by atoms with Crippen LogP contribution in [0.3, 0.4) is 0 Å². The van der Waals surface area contributed by atoms with E-state index >= 15 is 0 Å². The van der Waals surface area contributed by atoms with Crippen molar-refractivity contribution >= 4 is 17.5 Å². The van der Waals surface area contributed by atoms with Crippen molar-refractivity contribution in [3.05, 3.63) is 18.2 Å². The number of carbonyl (C=O) groups is 2. The molecule has 7 heteroatoms. The van der Waals surface area contributed by atoms with Crippen LogP contribution in [-0.2, 0) is 14.3 Å². The highest BCUT2D eigenvalue weighted by Gasteiger charge is 2.36. The number of likely N-dealkylation sites (tertiary alicyclic amines) is 1. The Labute approximate surface area is 140 Å². The van der Waals surface area contributed by atoms with Crippen LogP contribution in [0.1, 0.15) is 13.3 Å². The number of nitrogens with zero attached hydrogens (tertiary/aromatic N) is 1. The summed E-state index contributed by atoms with van der Waals surface area (Å²) in [5, 5.41) is 2.86. The average Bonchev–Trinajstić information content (AvgIpc) is 2.97. The van der Waals surface area contributed by atoms with Gasteiger partial charge >= 0.3 is 0 Å². The molecule has 1 saturated heterocycles. The second kappa shape index (κ2) is 7.09. The van der Waals surface area contributed by atoms with E-state index in [1.165, 1.54) is 0 Å². The molecule has 1 N–H and O–H groups in total. The highest BCUT2D eigenvalue weighted by atomic mass is 16.6. The molecule has 0 bridgehead atoms. The molecule has 1 fully saturated rings. The Bertz CT molecular complexity index is 633. The van der Waals surface area contributed by atoms with Gasteiger partial charge < -0.3 is 24.4 Å². The van der Waals surface area contributed by atoms with Crippen molar-refractivity contribution in [1.29, 1.82) is 0 Å². The Morgan fingerprint density at radius 1 is 1.38 bits per heavy atom. The van der Waals surface area contributed by atoms with Gasteiger partial charge in [-0.15, -0.1) is 0 Å². The van der Waals surface area contributed by atoms with Crippen LogP contribution in [0.5, 0.6) is 11.5 Å². The van der Waals surface area contributed by atoms with Crippen molar-refractivity contribution in [3.63, 3.8) is 0 Å². The highest BCUT2D eigenvalue weighted by molar-refractivity contribution is 5.97. The second-order valence-electron chi connectivity index (χ2n) is 6.10. The third-order valence-electron chi connectivity index (χ3n) is 4.28. The fourth-order valence-corrected chi connectivity index (χ4v) is 3.03. The average molecular weight is 334 g/mol. The first-order chi connectivity index (χ1) is 11.6. The maximum absolute atomic E-state index is 12.5. The van der Waals surface area contributed by atoms with Crippen molar-refractivity contribution in [2.45, 2.75) is 19.4 Å². The number of nitrogens with one attached hydrogen (secondary N) is 1. The van der Waals surface area contributed by atoms with Gasteiger partial charge in [0.2, 0.25) is 11.8 Å². The van der Waals surface area contributed by atoms with Gasteiger partial charge in [0.1, 0.15) is 13.2 Å². The fourth-order valence-electron chi connectivity index (χ4n) is 3.03. The third-order valence-corrected chi connectivity index (χ3v) is 4.28. The summed E-state index contributed by atoms with van der Waals surface area (Å²) in [4.78, 5) is 26.3. The fraction of sp³-hybridized carbons (Fsp3) is 0.529. The van der Waals surface area contributed by atoms with Gasteiger partial charge in [0.05, 0.1) is 18.6 Å². The highest BCUT2D eigenvalue weighted by Crippen LogP contribution is 2.33. The molecule has 24 heavy (non-hydrogen) atoms. The topological polar surface area (TPSA) is 77.1 Å². The van der Waals surface area contributed by atoms with E-state index in [2.05, 4.69) is 5.32 Å². The standard InChI is InChI=1S/C17H22N2O5/c1-11(10-22-2)19-9-12(7-16(19)20)17(21)18-13-3-4-14-15(8-13)24-6-5-23-14/h3-4,8,11-12H,5-7,9-10H2,1-2H3,(H,18,21)/t11-,12+/m0/s1. The minimum atomic E-state index is -0.356. The molecule has 3 rings (SSSR count). The number of anilines is 1. The van der Waals surface area contributed by atoms with Gasteiger partial charge in [-0.3, -0.25) is 9.59 Å². The normalized spacial score (nSPS) is 20.8. The number of rotatable bonds is 5. The first-order valence-corrected chi connectivity index (χ1v) is 8.07. The van der Waals surface area contributed by atoms with E-state index in [0.29, 0.717) is 43.6 Å². The number of amides is 2. The molecule has 2 amide bonds. The molecule has 2 heterocycles. The van der Waals surface area contributed by atoms with E-state index in [1.807, 2.05) is 6.92 Å². The van der Waals surface area contributed by atoms with Crippen LogP contribution in [0, 0.1) is 5.92 Å². The van der Waals surface area contributed by atoms with E-state index in [-0.39, 0.29) is 30.2 Å². The van der Waals surface area contributed by atoms with Crippen molar-refractivity contribution in [2.24, 2.45) is 5.92 Å². The van der Waals surface area contributed by atoms with E-state index in [0.717, 1.165) is 0 Å². The van der Waals surface area contributed by atoms with Crippen LogP contribution in [0.15, 0.2) is 18.2 Å². The summed E-state index contributed by atoms with van der Waals surface area (Å²) in [6, 6.07) is 5.26. The zero-order valence-corrected chi connectivity index (χ0v) is 13.9. The number of ether oxygens (including phenoxy) is 3. The molecule has 1 aromatic carbocycles. The number of benzene rings is 1. The summed E-state index contributed by atoms with van der Waals surface area (Å²) in [7, 11) is 1.60. The van der Waals surface area contributed by atoms with Crippen molar-refractivity contribution < 1.29 is 23.8 Å². The van der Waals surface area contributed by atoms with Crippen LogP contribution in [0.4, 0.5) is 5.69 Å². The largest absolute Gasteiger partial charge is 0.486 e. The predicted molar refractivity (Wildman–Crippen MR) is 87.2 cm³/mol. The van der Waals surface area contributed by atoms with Gasteiger partial charge in [-0.25, -0.2) is 0 Å². The maximum Gasteiger partial charge on any atom is 0.229 e. The summed E-state index contributed by atoms with van der Waals surface area (Å²) in [5.74, 6) is 0.769. The first kappa shape index (κ1) is 16.6. The van der Waals surface area contributed by atoms with Crippen LogP contribution in [0.2, 0.25) is 0 Å². The smallest absolute Gasteiger partial charge is 0.229 e. The van der Waals surface area contributed by atoms with Gasteiger partial charge in [0.15, 0.2) is 11.5 Å². The molecule has 0 aliphatic carbocycles. The molecule has 130 valence electrons. The second-order valence-corrected chi connectivity index (χ2v) is 6.10. The van der Waals surface area contributed by atoms with Gasteiger partial charge in [-0.2, -0.15) is 0 Å². The molecular weight excluding hydrogens is 312 g/mol. The lowest BCUT2D eigenvalue weighted by Crippen LogP contribution is -2.38. The Morgan fingerprint density at radius 3 is 2.88 bits per heavy atom. The Morgan fingerprint density at radius 2 is 2.12 bits per heavy atom. The monoisotopic (exact) mass is 334 g/mol. The van der Waals surface area contributed by atoms with Crippen molar-refractivity contribution in [2.75, 3.05) is 38.8 Å². The van der Waals surface area contributed by atoms with Crippen LogP contribution >= 0.6 is 0 Å². The van der Waals surface area contributed by atoms with E-state index in [4.69, 9.17) is 14.2 Å². The summed E-state index contributed by atoms with van der Waals surface area (Å²) in [6.07, 6.45) is 0.227. The molecule has 0 radical (unpaired) electrons. The number of methoxy groups -OCH3 is 1. The lowest BCUT2D eigenvalue weighted by Gasteiger charge is -2.24. The van der Waals surface area contributed by atoms with Gasteiger partial charge in [0, 0.05) is 31.8 Å². The SMILES string of the molecule is COC[C@H](C)N1C[C@H](C(=O)Nc2ccc3c(c2)OCCO3)CC1=O. The summed E-state index contributed by atoms with van der Waals surface area (Å²) in [5.41, 5.74) is 0.639. The number of hydrogen-bond donors (Lipinski definition) is 1. The minimum absolute atomic E-state index is 0.0122. The molecule has 0 saturated carbocycles. The maximum atomic E-state index is 12.5.